The van der Waals surface area contributed by atoms with Crippen LogP contribution >= 0.6 is 24.0 Å². The second-order valence-corrected chi connectivity index (χ2v) is 7.08. The number of hydrogen-bond donors (Lipinski definition) is 1. The maximum Gasteiger partial charge on any atom is 0.193 e. The molecule has 2 aliphatic heterocycles. The molecule has 140 valence electrons. The zero-order valence-electron chi connectivity index (χ0n) is 15.7. The molecular formula is C20H33IN4. The van der Waals surface area contributed by atoms with Crippen LogP contribution in [0.2, 0.25) is 0 Å². The second-order valence-electron chi connectivity index (χ2n) is 7.08. The summed E-state index contributed by atoms with van der Waals surface area (Å²) < 4.78 is 0. The Morgan fingerprint density at radius 3 is 2.56 bits per heavy atom. The van der Waals surface area contributed by atoms with Crippen LogP contribution in [0.15, 0.2) is 29.3 Å². The number of benzene rings is 1. The summed E-state index contributed by atoms with van der Waals surface area (Å²) in [6, 6.07) is 8.79. The largest absolute Gasteiger partial charge is 0.356 e. The molecule has 0 amide bonds. The van der Waals surface area contributed by atoms with E-state index in [2.05, 4.69) is 51.3 Å². The lowest BCUT2D eigenvalue weighted by Gasteiger charge is -2.33. The van der Waals surface area contributed by atoms with Gasteiger partial charge in [0.05, 0.1) is 0 Å². The van der Waals surface area contributed by atoms with Crippen LogP contribution in [0.3, 0.4) is 0 Å². The lowest BCUT2D eigenvalue weighted by Crippen LogP contribution is -2.44. The minimum absolute atomic E-state index is 0. The SMILES string of the molecule is CCN1CCC(CCNC(=NC)N2CCc3ccccc3C2)CC1.I. The fourth-order valence-electron chi connectivity index (χ4n) is 3.99. The van der Waals surface area contributed by atoms with E-state index in [4.69, 9.17) is 0 Å². The van der Waals surface area contributed by atoms with Crippen molar-refractivity contribution in [3.8, 4) is 0 Å². The molecule has 0 unspecified atom stereocenters. The van der Waals surface area contributed by atoms with Crippen molar-refractivity contribution >= 4 is 29.9 Å². The van der Waals surface area contributed by atoms with Crippen LogP contribution in [-0.4, -0.2) is 55.5 Å². The Labute approximate surface area is 170 Å². The van der Waals surface area contributed by atoms with Crippen molar-refractivity contribution in [1.29, 1.82) is 0 Å². The van der Waals surface area contributed by atoms with E-state index in [9.17, 15) is 0 Å². The van der Waals surface area contributed by atoms with Gasteiger partial charge < -0.3 is 15.1 Å². The highest BCUT2D eigenvalue weighted by molar-refractivity contribution is 14.0. The number of guanidine groups is 1. The Bertz CT molecular complexity index is 552. The minimum Gasteiger partial charge on any atom is -0.356 e. The van der Waals surface area contributed by atoms with Gasteiger partial charge in [0.15, 0.2) is 5.96 Å². The fraction of sp³-hybridized carbons (Fsp3) is 0.650. The summed E-state index contributed by atoms with van der Waals surface area (Å²) >= 11 is 0. The van der Waals surface area contributed by atoms with Gasteiger partial charge in [0.2, 0.25) is 0 Å². The number of nitrogens with one attached hydrogen (secondary N) is 1. The van der Waals surface area contributed by atoms with Crippen molar-refractivity contribution in [2.75, 3.05) is 39.8 Å². The van der Waals surface area contributed by atoms with Crippen molar-refractivity contribution < 1.29 is 0 Å². The number of nitrogens with zero attached hydrogens (tertiary/aromatic N) is 3. The molecule has 25 heavy (non-hydrogen) atoms. The molecule has 5 heteroatoms. The van der Waals surface area contributed by atoms with E-state index in [1.54, 1.807) is 0 Å². The van der Waals surface area contributed by atoms with E-state index in [-0.39, 0.29) is 24.0 Å². The molecule has 1 aromatic rings. The maximum atomic E-state index is 4.52. The molecule has 0 spiro atoms. The van der Waals surface area contributed by atoms with Gasteiger partial charge in [-0.15, -0.1) is 24.0 Å². The summed E-state index contributed by atoms with van der Waals surface area (Å²) in [6.07, 6.45) is 5.09. The molecule has 4 nitrogen and oxygen atoms in total. The predicted molar refractivity (Wildman–Crippen MR) is 117 cm³/mol. The number of aliphatic imine (C=N–C) groups is 1. The summed E-state index contributed by atoms with van der Waals surface area (Å²) in [6.45, 7) is 9.10. The Kier molecular flexibility index (Phi) is 8.49. The predicted octanol–water partition coefficient (Wildman–Crippen LogP) is 3.36. The quantitative estimate of drug-likeness (QED) is 0.428. The van der Waals surface area contributed by atoms with E-state index in [0.717, 1.165) is 37.9 Å². The monoisotopic (exact) mass is 456 g/mol. The Hall–Kier alpha value is -0.820. The number of rotatable bonds is 4. The van der Waals surface area contributed by atoms with Crippen LogP contribution in [0.5, 0.6) is 0 Å². The first kappa shape index (κ1) is 20.5. The zero-order chi connectivity index (χ0) is 16.8. The lowest BCUT2D eigenvalue weighted by molar-refractivity contribution is 0.187. The molecule has 0 aliphatic carbocycles. The van der Waals surface area contributed by atoms with Gasteiger partial charge in [-0.05, 0) is 62.4 Å². The first-order valence-electron chi connectivity index (χ1n) is 9.55. The summed E-state index contributed by atoms with van der Waals surface area (Å²) in [4.78, 5) is 9.47. The molecule has 2 aliphatic rings. The average Bonchev–Trinajstić information content (AvgIpc) is 2.65. The minimum atomic E-state index is 0. The third-order valence-electron chi connectivity index (χ3n) is 5.63. The summed E-state index contributed by atoms with van der Waals surface area (Å²) in [5, 5.41) is 3.60. The van der Waals surface area contributed by atoms with Crippen LogP contribution in [-0.2, 0) is 13.0 Å². The van der Waals surface area contributed by atoms with Crippen LogP contribution in [0.25, 0.3) is 0 Å². The van der Waals surface area contributed by atoms with Crippen molar-refractivity contribution in [1.82, 2.24) is 15.1 Å². The highest BCUT2D eigenvalue weighted by Crippen LogP contribution is 2.20. The van der Waals surface area contributed by atoms with Crippen molar-refractivity contribution in [2.45, 2.75) is 39.2 Å². The van der Waals surface area contributed by atoms with Crippen molar-refractivity contribution in [2.24, 2.45) is 10.9 Å². The second kappa shape index (κ2) is 10.4. The summed E-state index contributed by atoms with van der Waals surface area (Å²) in [5.74, 6) is 1.94. The molecule has 0 aromatic heterocycles. The first-order chi connectivity index (χ1) is 11.8. The van der Waals surface area contributed by atoms with Crippen LogP contribution in [0, 0.1) is 5.92 Å². The molecule has 2 heterocycles. The lowest BCUT2D eigenvalue weighted by atomic mass is 9.93. The standard InChI is InChI=1S/C20H32N4.HI/c1-3-23-13-9-17(10-14-23)8-12-22-20(21-2)24-15-11-18-6-4-5-7-19(18)16-24;/h4-7,17H,3,8-16H2,1-2H3,(H,21,22);1H. The number of piperidine rings is 1. The fourth-order valence-corrected chi connectivity index (χ4v) is 3.99. The van der Waals surface area contributed by atoms with E-state index in [0.29, 0.717) is 0 Å². The van der Waals surface area contributed by atoms with E-state index in [1.807, 2.05) is 7.05 Å². The van der Waals surface area contributed by atoms with Crippen LogP contribution in [0.4, 0.5) is 0 Å². The summed E-state index contributed by atoms with van der Waals surface area (Å²) in [7, 11) is 1.91. The van der Waals surface area contributed by atoms with E-state index >= 15 is 0 Å². The molecular weight excluding hydrogens is 423 g/mol. The third kappa shape index (κ3) is 5.58. The number of likely N-dealkylation sites (tertiary alicyclic amines) is 1. The van der Waals surface area contributed by atoms with E-state index in [1.165, 1.54) is 50.0 Å². The van der Waals surface area contributed by atoms with Gasteiger partial charge in [-0.2, -0.15) is 0 Å². The molecule has 1 N–H and O–H groups in total. The number of hydrogen-bond acceptors (Lipinski definition) is 2. The van der Waals surface area contributed by atoms with Gasteiger partial charge in [-0.25, -0.2) is 0 Å². The summed E-state index contributed by atoms with van der Waals surface area (Å²) in [5.41, 5.74) is 2.94. The highest BCUT2D eigenvalue weighted by atomic mass is 127. The van der Waals surface area contributed by atoms with Crippen LogP contribution < -0.4 is 5.32 Å². The third-order valence-corrected chi connectivity index (χ3v) is 5.63. The van der Waals surface area contributed by atoms with Gasteiger partial charge in [0.25, 0.3) is 0 Å². The van der Waals surface area contributed by atoms with Gasteiger partial charge in [-0.1, -0.05) is 31.2 Å². The van der Waals surface area contributed by atoms with Gasteiger partial charge in [0.1, 0.15) is 0 Å². The van der Waals surface area contributed by atoms with Gasteiger partial charge in [-0.3, -0.25) is 4.99 Å². The molecule has 0 saturated carbocycles. The van der Waals surface area contributed by atoms with Crippen molar-refractivity contribution in [3.63, 3.8) is 0 Å². The van der Waals surface area contributed by atoms with Gasteiger partial charge >= 0.3 is 0 Å². The molecule has 0 atom stereocenters. The average molecular weight is 456 g/mol. The highest BCUT2D eigenvalue weighted by Gasteiger charge is 2.20. The van der Waals surface area contributed by atoms with Crippen molar-refractivity contribution in [3.05, 3.63) is 35.4 Å². The maximum absolute atomic E-state index is 4.52. The molecule has 3 rings (SSSR count). The normalized spacial score (nSPS) is 19.3. The molecule has 0 bridgehead atoms. The molecule has 1 aromatic carbocycles. The zero-order valence-corrected chi connectivity index (χ0v) is 18.0. The first-order valence-corrected chi connectivity index (χ1v) is 9.55. The topological polar surface area (TPSA) is 30.9 Å². The Morgan fingerprint density at radius 1 is 1.16 bits per heavy atom. The van der Waals surface area contributed by atoms with Crippen LogP contribution in [0.1, 0.15) is 37.3 Å². The smallest absolute Gasteiger partial charge is 0.193 e. The molecule has 1 saturated heterocycles. The Balaban J connectivity index is 0.00000225. The molecule has 0 radical (unpaired) electrons. The Morgan fingerprint density at radius 2 is 1.88 bits per heavy atom. The number of fused-ring (bicyclic) bond motifs is 1. The van der Waals surface area contributed by atoms with Gasteiger partial charge in [0, 0.05) is 26.7 Å². The molecule has 1 fully saturated rings. The van der Waals surface area contributed by atoms with E-state index < -0.39 is 0 Å². The number of halogens is 1.